The number of hydrogen-bond acceptors (Lipinski definition) is 8. The summed E-state index contributed by atoms with van der Waals surface area (Å²) in [5, 5.41) is 13.2. The SMILES string of the molecule is CCc1nc(NCCNC(=O)[C@H](C)NC)cc(Nc2ncc(C3CCC3)s2)n1. The molecule has 2 aromatic rings. The number of amides is 1. The number of carbonyl (C=O) groups is 1. The Bertz CT molecular complexity index is 790. The Kier molecular flexibility index (Phi) is 7.16. The van der Waals surface area contributed by atoms with Crippen molar-refractivity contribution in [1.29, 1.82) is 0 Å². The minimum atomic E-state index is -0.204. The summed E-state index contributed by atoms with van der Waals surface area (Å²) in [6, 6.07) is 1.67. The zero-order valence-electron chi connectivity index (χ0n) is 16.7. The normalized spacial score (nSPS) is 15.0. The molecule has 4 N–H and O–H groups in total. The largest absolute Gasteiger partial charge is 0.368 e. The van der Waals surface area contributed by atoms with E-state index >= 15 is 0 Å². The van der Waals surface area contributed by atoms with Crippen molar-refractivity contribution in [3.63, 3.8) is 0 Å². The van der Waals surface area contributed by atoms with Crippen LogP contribution in [0.15, 0.2) is 12.3 Å². The molecule has 1 saturated carbocycles. The van der Waals surface area contributed by atoms with E-state index < -0.39 is 0 Å². The van der Waals surface area contributed by atoms with E-state index in [4.69, 9.17) is 0 Å². The summed E-state index contributed by atoms with van der Waals surface area (Å²) in [5.74, 6) is 2.89. The molecule has 1 atom stereocenters. The molecular weight excluding hydrogens is 374 g/mol. The first-order chi connectivity index (χ1) is 13.6. The second kappa shape index (κ2) is 9.79. The van der Waals surface area contributed by atoms with Crippen LogP contribution in [-0.4, -0.2) is 47.0 Å². The Morgan fingerprint density at radius 3 is 2.75 bits per heavy atom. The van der Waals surface area contributed by atoms with Gasteiger partial charge in [0.2, 0.25) is 5.91 Å². The predicted molar refractivity (Wildman–Crippen MR) is 113 cm³/mol. The first-order valence-corrected chi connectivity index (χ1v) is 10.7. The van der Waals surface area contributed by atoms with Gasteiger partial charge in [0.15, 0.2) is 5.13 Å². The average Bonchev–Trinajstić information content (AvgIpc) is 3.10. The standard InChI is InChI=1S/C19H29N7OS/c1-4-15-24-16(21-8-9-22-18(27)12(2)20-3)10-17(25-15)26-19-23-11-14(28-19)13-6-5-7-13/h10-13,20H,4-9H2,1-3H3,(H,22,27)(H2,21,23,24,25,26)/t12-/m0/s1. The molecule has 0 radical (unpaired) electrons. The minimum Gasteiger partial charge on any atom is -0.368 e. The molecule has 1 amide bonds. The van der Waals surface area contributed by atoms with E-state index in [2.05, 4.69) is 36.2 Å². The van der Waals surface area contributed by atoms with E-state index in [0.29, 0.717) is 19.0 Å². The van der Waals surface area contributed by atoms with Gasteiger partial charge in [-0.1, -0.05) is 13.3 Å². The minimum absolute atomic E-state index is 0.0189. The van der Waals surface area contributed by atoms with Crippen molar-refractivity contribution in [2.75, 3.05) is 30.8 Å². The van der Waals surface area contributed by atoms with Crippen molar-refractivity contribution in [2.45, 2.75) is 51.5 Å². The van der Waals surface area contributed by atoms with Crippen LogP contribution in [-0.2, 0) is 11.2 Å². The summed E-state index contributed by atoms with van der Waals surface area (Å²) < 4.78 is 0. The van der Waals surface area contributed by atoms with Gasteiger partial charge in [-0.25, -0.2) is 15.0 Å². The van der Waals surface area contributed by atoms with Gasteiger partial charge in [0, 0.05) is 36.7 Å². The highest BCUT2D eigenvalue weighted by Gasteiger charge is 2.21. The molecule has 1 fully saturated rings. The Morgan fingerprint density at radius 1 is 1.29 bits per heavy atom. The monoisotopic (exact) mass is 403 g/mol. The third kappa shape index (κ3) is 5.39. The van der Waals surface area contributed by atoms with Crippen molar-refractivity contribution in [3.8, 4) is 0 Å². The van der Waals surface area contributed by atoms with E-state index in [9.17, 15) is 4.79 Å². The molecule has 0 aromatic carbocycles. The number of hydrogen-bond donors (Lipinski definition) is 4. The van der Waals surface area contributed by atoms with Gasteiger partial charge in [0.25, 0.3) is 0 Å². The lowest BCUT2D eigenvalue weighted by molar-refractivity contribution is -0.122. The van der Waals surface area contributed by atoms with Gasteiger partial charge < -0.3 is 21.3 Å². The lowest BCUT2D eigenvalue weighted by atomic mass is 9.85. The lowest BCUT2D eigenvalue weighted by Gasteiger charge is -2.23. The number of nitrogens with one attached hydrogen (secondary N) is 4. The number of thiazole rings is 1. The summed E-state index contributed by atoms with van der Waals surface area (Å²) in [6.07, 6.45) is 6.58. The van der Waals surface area contributed by atoms with Crippen LogP contribution in [0.4, 0.5) is 16.8 Å². The van der Waals surface area contributed by atoms with Gasteiger partial charge in [-0.15, -0.1) is 11.3 Å². The number of aromatic nitrogens is 3. The van der Waals surface area contributed by atoms with Crippen LogP contribution in [0, 0.1) is 0 Å². The highest BCUT2D eigenvalue weighted by atomic mass is 32.1. The van der Waals surface area contributed by atoms with Crippen LogP contribution in [0.3, 0.4) is 0 Å². The van der Waals surface area contributed by atoms with Crippen molar-refractivity contribution >= 4 is 34.0 Å². The molecule has 28 heavy (non-hydrogen) atoms. The molecule has 1 aliphatic carbocycles. The van der Waals surface area contributed by atoms with Crippen molar-refractivity contribution in [3.05, 3.63) is 23.0 Å². The third-order valence-electron chi connectivity index (χ3n) is 4.91. The van der Waals surface area contributed by atoms with Gasteiger partial charge in [-0.3, -0.25) is 4.79 Å². The highest BCUT2D eigenvalue weighted by molar-refractivity contribution is 7.15. The number of carbonyl (C=O) groups excluding carboxylic acids is 1. The Balaban J connectivity index is 1.57. The summed E-state index contributed by atoms with van der Waals surface area (Å²) >= 11 is 1.70. The fourth-order valence-electron chi connectivity index (χ4n) is 2.81. The first kappa shape index (κ1) is 20.5. The molecule has 0 saturated heterocycles. The van der Waals surface area contributed by atoms with E-state index in [0.717, 1.165) is 29.0 Å². The predicted octanol–water partition coefficient (Wildman–Crippen LogP) is 2.64. The van der Waals surface area contributed by atoms with Gasteiger partial charge in [0.1, 0.15) is 17.5 Å². The zero-order valence-corrected chi connectivity index (χ0v) is 17.5. The fourth-order valence-corrected chi connectivity index (χ4v) is 3.80. The smallest absolute Gasteiger partial charge is 0.236 e. The van der Waals surface area contributed by atoms with Crippen LogP contribution in [0.1, 0.15) is 49.7 Å². The van der Waals surface area contributed by atoms with Crippen molar-refractivity contribution in [2.24, 2.45) is 0 Å². The van der Waals surface area contributed by atoms with E-state index in [-0.39, 0.29) is 11.9 Å². The fraction of sp³-hybridized carbons (Fsp3) is 0.579. The van der Waals surface area contributed by atoms with E-state index in [1.807, 2.05) is 26.1 Å². The molecule has 0 unspecified atom stereocenters. The molecule has 0 bridgehead atoms. The Labute approximate surface area is 170 Å². The van der Waals surface area contributed by atoms with E-state index in [1.54, 1.807) is 18.4 Å². The molecule has 0 aliphatic heterocycles. The van der Waals surface area contributed by atoms with Crippen LogP contribution < -0.4 is 21.3 Å². The molecule has 1 aliphatic rings. The maximum atomic E-state index is 11.8. The molecule has 9 heteroatoms. The van der Waals surface area contributed by atoms with Crippen LogP contribution >= 0.6 is 11.3 Å². The van der Waals surface area contributed by atoms with Gasteiger partial charge in [-0.2, -0.15) is 0 Å². The molecule has 3 rings (SSSR count). The Morgan fingerprint density at radius 2 is 2.07 bits per heavy atom. The van der Waals surface area contributed by atoms with Gasteiger partial charge >= 0.3 is 0 Å². The topological polar surface area (TPSA) is 104 Å². The number of likely N-dealkylation sites (N-methyl/N-ethyl adjacent to an activating group) is 1. The van der Waals surface area contributed by atoms with Crippen molar-refractivity contribution < 1.29 is 4.79 Å². The zero-order chi connectivity index (χ0) is 19.9. The number of nitrogens with zero attached hydrogens (tertiary/aromatic N) is 3. The second-order valence-corrected chi connectivity index (χ2v) is 8.02. The number of aryl methyl sites for hydroxylation is 1. The molecule has 8 nitrogen and oxygen atoms in total. The van der Waals surface area contributed by atoms with Crippen LogP contribution in [0.25, 0.3) is 0 Å². The van der Waals surface area contributed by atoms with Crippen LogP contribution in [0.2, 0.25) is 0 Å². The van der Waals surface area contributed by atoms with Crippen LogP contribution in [0.5, 0.6) is 0 Å². The molecule has 152 valence electrons. The molecule has 0 spiro atoms. The maximum Gasteiger partial charge on any atom is 0.236 e. The van der Waals surface area contributed by atoms with E-state index in [1.165, 1.54) is 24.1 Å². The molecular formula is C19H29N7OS. The third-order valence-corrected chi connectivity index (χ3v) is 5.99. The quantitative estimate of drug-likeness (QED) is 0.452. The maximum absolute atomic E-state index is 11.8. The summed E-state index contributed by atoms with van der Waals surface area (Å²) in [6.45, 7) is 4.97. The summed E-state index contributed by atoms with van der Waals surface area (Å²) in [5.41, 5.74) is 0. The summed E-state index contributed by atoms with van der Waals surface area (Å²) in [7, 11) is 1.77. The lowest BCUT2D eigenvalue weighted by Crippen LogP contribution is -2.42. The highest BCUT2D eigenvalue weighted by Crippen LogP contribution is 2.40. The average molecular weight is 404 g/mol. The molecule has 2 heterocycles. The second-order valence-electron chi connectivity index (χ2n) is 6.96. The summed E-state index contributed by atoms with van der Waals surface area (Å²) in [4.78, 5) is 26.7. The number of anilines is 3. The Hall–Kier alpha value is -2.26. The number of rotatable bonds is 10. The first-order valence-electron chi connectivity index (χ1n) is 9.88. The van der Waals surface area contributed by atoms with Gasteiger partial charge in [0.05, 0.1) is 6.04 Å². The van der Waals surface area contributed by atoms with Crippen molar-refractivity contribution in [1.82, 2.24) is 25.6 Å². The molecule has 2 aromatic heterocycles. The van der Waals surface area contributed by atoms with Gasteiger partial charge in [-0.05, 0) is 32.7 Å².